The van der Waals surface area contributed by atoms with Crippen molar-refractivity contribution in [3.05, 3.63) is 65.7 Å². The van der Waals surface area contributed by atoms with Crippen molar-refractivity contribution in [1.29, 1.82) is 0 Å². The summed E-state index contributed by atoms with van der Waals surface area (Å²) >= 11 is 0. The molecule has 0 saturated heterocycles. The molecule has 1 aromatic heterocycles. The Labute approximate surface area is 140 Å². The second-order valence-corrected chi connectivity index (χ2v) is 5.46. The van der Waals surface area contributed by atoms with E-state index in [0.29, 0.717) is 18.0 Å². The van der Waals surface area contributed by atoms with Crippen LogP contribution in [0, 0.1) is 6.92 Å². The second kappa shape index (κ2) is 7.08. The summed E-state index contributed by atoms with van der Waals surface area (Å²) in [7, 11) is 0. The molecule has 24 heavy (non-hydrogen) atoms. The molecule has 2 aromatic carbocycles. The van der Waals surface area contributed by atoms with Gasteiger partial charge in [-0.3, -0.25) is 4.79 Å². The van der Waals surface area contributed by atoms with Crippen LogP contribution in [-0.4, -0.2) is 27.3 Å². The zero-order chi connectivity index (χ0) is 16.9. The lowest BCUT2D eigenvalue weighted by Gasteiger charge is -2.06. The van der Waals surface area contributed by atoms with Gasteiger partial charge in [-0.1, -0.05) is 55.5 Å². The molecule has 0 spiro atoms. The van der Waals surface area contributed by atoms with E-state index in [1.807, 2.05) is 62.4 Å². The standard InChI is InChI=1S/C19H19N3O2/c1-3-13-24-19-20-17(15-10-5-4-6-11-15)22(21-19)18(23)16-12-8-7-9-14(16)2/h4-12H,3,13H2,1-2H3. The van der Waals surface area contributed by atoms with Crippen LogP contribution in [0.3, 0.4) is 0 Å². The van der Waals surface area contributed by atoms with Crippen LogP contribution in [0.2, 0.25) is 0 Å². The second-order valence-electron chi connectivity index (χ2n) is 5.46. The molecule has 1 heterocycles. The summed E-state index contributed by atoms with van der Waals surface area (Å²) in [5.41, 5.74) is 2.31. The highest BCUT2D eigenvalue weighted by Crippen LogP contribution is 2.21. The SMILES string of the molecule is CCCOc1nc(-c2ccccc2)n(C(=O)c2ccccc2C)n1. The van der Waals surface area contributed by atoms with Crippen molar-refractivity contribution in [2.45, 2.75) is 20.3 Å². The van der Waals surface area contributed by atoms with E-state index >= 15 is 0 Å². The average molecular weight is 321 g/mol. The molecule has 0 amide bonds. The van der Waals surface area contributed by atoms with Crippen LogP contribution in [0.25, 0.3) is 11.4 Å². The van der Waals surface area contributed by atoms with E-state index in [0.717, 1.165) is 17.5 Å². The zero-order valence-electron chi connectivity index (χ0n) is 13.8. The van der Waals surface area contributed by atoms with E-state index < -0.39 is 0 Å². The van der Waals surface area contributed by atoms with Crippen LogP contribution in [0.5, 0.6) is 6.01 Å². The Balaban J connectivity index is 2.07. The molecule has 0 aliphatic rings. The van der Waals surface area contributed by atoms with Crippen LogP contribution in [0.4, 0.5) is 0 Å². The monoisotopic (exact) mass is 321 g/mol. The minimum atomic E-state index is -0.217. The van der Waals surface area contributed by atoms with Crippen LogP contribution in [0.1, 0.15) is 29.3 Å². The van der Waals surface area contributed by atoms with Gasteiger partial charge in [0.1, 0.15) is 0 Å². The molecule has 0 radical (unpaired) electrons. The topological polar surface area (TPSA) is 57.0 Å². The number of hydrogen-bond acceptors (Lipinski definition) is 4. The fraction of sp³-hybridized carbons (Fsp3) is 0.211. The lowest BCUT2D eigenvalue weighted by molar-refractivity contribution is 0.0944. The number of nitrogens with zero attached hydrogens (tertiary/aromatic N) is 3. The maximum absolute atomic E-state index is 13.0. The largest absolute Gasteiger partial charge is 0.462 e. The summed E-state index contributed by atoms with van der Waals surface area (Å²) in [6.07, 6.45) is 0.848. The van der Waals surface area contributed by atoms with Gasteiger partial charge in [-0.05, 0) is 25.0 Å². The Morgan fingerprint density at radius 1 is 1.08 bits per heavy atom. The summed E-state index contributed by atoms with van der Waals surface area (Å²) in [5.74, 6) is 0.265. The van der Waals surface area contributed by atoms with Crippen molar-refractivity contribution >= 4 is 5.91 Å². The molecule has 0 aliphatic heterocycles. The van der Waals surface area contributed by atoms with E-state index in [9.17, 15) is 4.79 Å². The third-order valence-corrected chi connectivity index (χ3v) is 3.62. The molecule has 122 valence electrons. The van der Waals surface area contributed by atoms with Crippen molar-refractivity contribution in [2.75, 3.05) is 6.61 Å². The van der Waals surface area contributed by atoms with E-state index in [4.69, 9.17) is 4.74 Å². The zero-order valence-corrected chi connectivity index (χ0v) is 13.8. The van der Waals surface area contributed by atoms with Gasteiger partial charge in [-0.25, -0.2) is 0 Å². The number of ether oxygens (including phenoxy) is 1. The van der Waals surface area contributed by atoms with Crippen molar-refractivity contribution in [3.63, 3.8) is 0 Å². The van der Waals surface area contributed by atoms with Gasteiger partial charge >= 0.3 is 6.01 Å². The third-order valence-electron chi connectivity index (χ3n) is 3.62. The van der Waals surface area contributed by atoms with E-state index in [-0.39, 0.29) is 11.9 Å². The number of hydrogen-bond donors (Lipinski definition) is 0. The predicted molar refractivity (Wildman–Crippen MR) is 92.2 cm³/mol. The van der Waals surface area contributed by atoms with Crippen LogP contribution < -0.4 is 4.74 Å². The first-order valence-electron chi connectivity index (χ1n) is 7.96. The quantitative estimate of drug-likeness (QED) is 0.718. The van der Waals surface area contributed by atoms with E-state index in [2.05, 4.69) is 10.1 Å². The molecule has 3 aromatic rings. The minimum absolute atomic E-state index is 0.217. The molecular formula is C19H19N3O2. The Bertz CT molecular complexity index is 841. The molecule has 0 N–H and O–H groups in total. The fourth-order valence-electron chi connectivity index (χ4n) is 2.39. The first-order chi connectivity index (χ1) is 11.7. The van der Waals surface area contributed by atoms with Crippen molar-refractivity contribution < 1.29 is 9.53 Å². The fourth-order valence-corrected chi connectivity index (χ4v) is 2.39. The van der Waals surface area contributed by atoms with Crippen molar-refractivity contribution in [2.24, 2.45) is 0 Å². The first-order valence-corrected chi connectivity index (χ1v) is 7.96. The van der Waals surface area contributed by atoms with Crippen molar-refractivity contribution in [3.8, 4) is 17.4 Å². The number of carbonyl (C=O) groups is 1. The molecule has 0 bridgehead atoms. The number of benzene rings is 2. The summed E-state index contributed by atoms with van der Waals surface area (Å²) in [6.45, 7) is 4.42. The van der Waals surface area contributed by atoms with Gasteiger partial charge in [-0.15, -0.1) is 5.10 Å². The highest BCUT2D eigenvalue weighted by molar-refractivity contribution is 5.98. The first kappa shape index (κ1) is 15.9. The lowest BCUT2D eigenvalue weighted by atomic mass is 10.1. The highest BCUT2D eigenvalue weighted by Gasteiger charge is 2.20. The number of carbonyl (C=O) groups excluding carboxylic acids is 1. The normalized spacial score (nSPS) is 10.6. The Morgan fingerprint density at radius 3 is 2.50 bits per heavy atom. The van der Waals surface area contributed by atoms with Gasteiger partial charge in [0.25, 0.3) is 5.91 Å². The van der Waals surface area contributed by atoms with Gasteiger partial charge in [0, 0.05) is 11.1 Å². The molecule has 0 unspecified atom stereocenters. The molecule has 0 aliphatic carbocycles. The van der Waals surface area contributed by atoms with Gasteiger partial charge in [0.05, 0.1) is 6.61 Å². The summed E-state index contributed by atoms with van der Waals surface area (Å²) < 4.78 is 6.84. The van der Waals surface area contributed by atoms with Gasteiger partial charge in [-0.2, -0.15) is 9.67 Å². The van der Waals surface area contributed by atoms with Crippen molar-refractivity contribution in [1.82, 2.24) is 14.8 Å². The van der Waals surface area contributed by atoms with E-state index in [1.54, 1.807) is 6.07 Å². The maximum atomic E-state index is 13.0. The van der Waals surface area contributed by atoms with Gasteiger partial charge in [0.2, 0.25) is 0 Å². The Hall–Kier alpha value is -2.95. The predicted octanol–water partition coefficient (Wildman–Crippen LogP) is 3.73. The lowest BCUT2D eigenvalue weighted by Crippen LogP contribution is -2.16. The Kier molecular flexibility index (Phi) is 4.70. The molecule has 5 nitrogen and oxygen atoms in total. The van der Waals surface area contributed by atoms with E-state index in [1.165, 1.54) is 4.68 Å². The molecule has 0 fully saturated rings. The minimum Gasteiger partial charge on any atom is -0.462 e. The molecule has 0 atom stereocenters. The summed E-state index contributed by atoms with van der Waals surface area (Å²) in [5, 5.41) is 4.28. The number of rotatable bonds is 5. The molecule has 5 heteroatoms. The van der Waals surface area contributed by atoms with Gasteiger partial charge in [0.15, 0.2) is 5.82 Å². The molecular weight excluding hydrogens is 302 g/mol. The van der Waals surface area contributed by atoms with Gasteiger partial charge < -0.3 is 4.74 Å². The van der Waals surface area contributed by atoms with Crippen LogP contribution >= 0.6 is 0 Å². The molecule has 0 saturated carbocycles. The summed E-state index contributed by atoms with van der Waals surface area (Å²) in [6, 6.07) is 17.2. The Morgan fingerprint density at radius 2 is 1.79 bits per heavy atom. The highest BCUT2D eigenvalue weighted by atomic mass is 16.5. The molecule has 3 rings (SSSR count). The number of aromatic nitrogens is 3. The smallest absolute Gasteiger partial charge is 0.336 e. The maximum Gasteiger partial charge on any atom is 0.336 e. The summed E-state index contributed by atoms with van der Waals surface area (Å²) in [4.78, 5) is 17.4. The van der Waals surface area contributed by atoms with Crippen LogP contribution in [0.15, 0.2) is 54.6 Å². The van der Waals surface area contributed by atoms with Crippen LogP contribution in [-0.2, 0) is 0 Å². The number of aryl methyl sites for hydroxylation is 1. The average Bonchev–Trinajstić information content (AvgIpc) is 3.05. The third kappa shape index (κ3) is 3.20.